The maximum Gasteiger partial charge on any atom is 0.573 e. The molecule has 3 heterocycles. The topological polar surface area (TPSA) is 99.2 Å². The second-order valence-corrected chi connectivity index (χ2v) is 6.97. The number of nitrogens with zero attached hydrogens (tertiary/aromatic N) is 3. The number of fused-ring (bicyclic) bond motifs is 1. The zero-order valence-electron chi connectivity index (χ0n) is 14.8. The molecule has 0 aliphatic carbocycles. The molecular weight excluding hydrogens is 425 g/mol. The maximum absolute atomic E-state index is 12.3. The first-order chi connectivity index (χ1) is 14.3. The largest absolute Gasteiger partial charge is 0.573 e. The summed E-state index contributed by atoms with van der Waals surface area (Å²) < 4.78 is 47.5. The number of alkyl halides is 3. The van der Waals surface area contributed by atoms with Crippen LogP contribution in [0, 0.1) is 0 Å². The molecule has 0 bridgehead atoms. The molecule has 12 heteroatoms. The van der Waals surface area contributed by atoms with Crippen LogP contribution in [0.2, 0.25) is 0 Å². The Kier molecular flexibility index (Phi) is 4.99. The first-order valence-corrected chi connectivity index (χ1v) is 9.17. The highest BCUT2D eigenvalue weighted by Gasteiger charge is 2.31. The quantitative estimate of drug-likeness (QED) is 0.513. The van der Waals surface area contributed by atoms with Crippen LogP contribution in [0.15, 0.2) is 57.9 Å². The lowest BCUT2D eigenvalue weighted by Crippen LogP contribution is -2.29. The first kappa shape index (κ1) is 19.6. The summed E-state index contributed by atoms with van der Waals surface area (Å²) in [5.74, 6) is -0.527. The molecule has 8 nitrogen and oxygen atoms in total. The van der Waals surface area contributed by atoms with Gasteiger partial charge in [0.2, 0.25) is 5.91 Å². The van der Waals surface area contributed by atoms with Gasteiger partial charge in [0.05, 0.1) is 16.5 Å². The summed E-state index contributed by atoms with van der Waals surface area (Å²) in [4.78, 5) is 28.5. The zero-order chi connectivity index (χ0) is 21.3. The van der Waals surface area contributed by atoms with Gasteiger partial charge in [-0.2, -0.15) is 5.10 Å². The van der Waals surface area contributed by atoms with Gasteiger partial charge < -0.3 is 14.5 Å². The summed E-state index contributed by atoms with van der Waals surface area (Å²) in [7, 11) is 0. The average Bonchev–Trinajstić information content (AvgIpc) is 3.31. The van der Waals surface area contributed by atoms with Gasteiger partial charge in [-0.15, -0.1) is 13.2 Å². The third-order valence-electron chi connectivity index (χ3n) is 3.77. The fraction of sp³-hybridized carbons (Fsp3) is 0.111. The highest BCUT2D eigenvalue weighted by molar-refractivity contribution is 7.22. The van der Waals surface area contributed by atoms with E-state index in [2.05, 4.69) is 20.1 Å². The number of furan rings is 1. The van der Waals surface area contributed by atoms with Crippen molar-refractivity contribution in [3.63, 3.8) is 0 Å². The fourth-order valence-electron chi connectivity index (χ4n) is 2.57. The molecule has 1 aromatic carbocycles. The predicted octanol–water partition coefficient (Wildman–Crippen LogP) is 3.65. The van der Waals surface area contributed by atoms with Crippen LogP contribution in [0.1, 0.15) is 0 Å². The van der Waals surface area contributed by atoms with Gasteiger partial charge in [-0.3, -0.25) is 9.59 Å². The Hall–Kier alpha value is -3.67. The molecule has 0 radical (unpaired) electrons. The van der Waals surface area contributed by atoms with E-state index in [0.717, 1.165) is 22.1 Å². The van der Waals surface area contributed by atoms with Crippen LogP contribution in [0.25, 0.3) is 21.7 Å². The molecule has 0 saturated carbocycles. The van der Waals surface area contributed by atoms with Crippen molar-refractivity contribution >= 4 is 32.6 Å². The third kappa shape index (κ3) is 4.49. The number of hydrogen-bond acceptors (Lipinski definition) is 7. The van der Waals surface area contributed by atoms with E-state index < -0.39 is 17.8 Å². The Morgan fingerprint density at radius 1 is 1.23 bits per heavy atom. The highest BCUT2D eigenvalue weighted by atomic mass is 32.1. The van der Waals surface area contributed by atoms with Crippen molar-refractivity contribution in [3.8, 4) is 17.2 Å². The Balaban J connectivity index is 1.50. The number of aromatic nitrogens is 3. The van der Waals surface area contributed by atoms with Crippen LogP contribution < -0.4 is 15.6 Å². The van der Waals surface area contributed by atoms with E-state index in [-0.39, 0.29) is 17.4 Å². The minimum Gasteiger partial charge on any atom is -0.463 e. The Bertz CT molecular complexity index is 1260. The second-order valence-electron chi connectivity index (χ2n) is 5.94. The third-order valence-corrected chi connectivity index (χ3v) is 4.71. The SMILES string of the molecule is O=C(Cn1nc(-c2ccco2)ccc1=O)Nc1nc2ccc(OC(F)(F)F)cc2s1. The number of ether oxygens (including phenoxy) is 1. The van der Waals surface area contributed by atoms with Gasteiger partial charge in [0.1, 0.15) is 18.0 Å². The van der Waals surface area contributed by atoms with Crippen molar-refractivity contribution in [2.75, 3.05) is 5.32 Å². The number of nitrogens with one attached hydrogen (secondary N) is 1. The molecule has 0 fully saturated rings. The Labute approximate surface area is 169 Å². The molecule has 4 aromatic rings. The van der Waals surface area contributed by atoms with E-state index in [4.69, 9.17) is 4.42 Å². The number of amides is 1. The lowest BCUT2D eigenvalue weighted by atomic mass is 10.3. The summed E-state index contributed by atoms with van der Waals surface area (Å²) in [6, 6.07) is 9.72. The monoisotopic (exact) mass is 436 g/mol. The fourth-order valence-corrected chi connectivity index (χ4v) is 3.48. The van der Waals surface area contributed by atoms with Crippen LogP contribution in [0.5, 0.6) is 5.75 Å². The molecule has 1 N–H and O–H groups in total. The van der Waals surface area contributed by atoms with Gasteiger partial charge >= 0.3 is 6.36 Å². The van der Waals surface area contributed by atoms with E-state index in [1.807, 2.05) is 0 Å². The van der Waals surface area contributed by atoms with Crippen molar-refractivity contribution in [1.29, 1.82) is 0 Å². The smallest absolute Gasteiger partial charge is 0.463 e. The van der Waals surface area contributed by atoms with Crippen LogP contribution in [0.4, 0.5) is 18.3 Å². The van der Waals surface area contributed by atoms with Crippen LogP contribution in [-0.2, 0) is 11.3 Å². The molecule has 1 amide bonds. The van der Waals surface area contributed by atoms with E-state index in [1.54, 1.807) is 12.1 Å². The van der Waals surface area contributed by atoms with Crippen molar-refractivity contribution in [1.82, 2.24) is 14.8 Å². The van der Waals surface area contributed by atoms with Crippen molar-refractivity contribution in [2.45, 2.75) is 12.9 Å². The highest BCUT2D eigenvalue weighted by Crippen LogP contribution is 2.31. The van der Waals surface area contributed by atoms with Gasteiger partial charge in [0.15, 0.2) is 10.9 Å². The maximum atomic E-state index is 12.3. The second kappa shape index (κ2) is 7.63. The number of carbonyl (C=O) groups is 1. The average molecular weight is 436 g/mol. The normalized spacial score (nSPS) is 11.6. The molecule has 4 rings (SSSR count). The van der Waals surface area contributed by atoms with Gasteiger partial charge in [0, 0.05) is 12.1 Å². The minimum absolute atomic E-state index is 0.161. The van der Waals surface area contributed by atoms with Gasteiger partial charge in [0.25, 0.3) is 5.56 Å². The van der Waals surface area contributed by atoms with Crippen molar-refractivity contribution < 1.29 is 27.1 Å². The number of thiazole rings is 1. The van der Waals surface area contributed by atoms with Crippen molar-refractivity contribution in [2.24, 2.45) is 0 Å². The molecule has 0 aliphatic heterocycles. The molecule has 0 spiro atoms. The number of rotatable bonds is 5. The molecule has 30 heavy (non-hydrogen) atoms. The minimum atomic E-state index is -4.81. The Morgan fingerprint density at radius 2 is 2.07 bits per heavy atom. The molecule has 154 valence electrons. The van der Waals surface area contributed by atoms with E-state index >= 15 is 0 Å². The van der Waals surface area contributed by atoms with Gasteiger partial charge in [-0.25, -0.2) is 9.67 Å². The number of benzene rings is 1. The summed E-state index contributed by atoms with van der Waals surface area (Å²) in [5.41, 5.74) is 0.281. The van der Waals surface area contributed by atoms with Crippen LogP contribution in [0.3, 0.4) is 0 Å². The molecule has 0 saturated heterocycles. The predicted molar refractivity (Wildman–Crippen MR) is 101 cm³/mol. The van der Waals surface area contributed by atoms with E-state index in [0.29, 0.717) is 21.7 Å². The van der Waals surface area contributed by atoms with E-state index in [9.17, 15) is 22.8 Å². The van der Waals surface area contributed by atoms with E-state index in [1.165, 1.54) is 30.5 Å². The summed E-state index contributed by atoms with van der Waals surface area (Å²) in [6.45, 7) is -0.383. The van der Waals surface area contributed by atoms with Crippen LogP contribution in [-0.4, -0.2) is 27.0 Å². The lowest BCUT2D eigenvalue weighted by molar-refractivity contribution is -0.274. The number of anilines is 1. The molecule has 0 aliphatic rings. The van der Waals surface area contributed by atoms with Gasteiger partial charge in [-0.05, 0) is 30.3 Å². The lowest BCUT2D eigenvalue weighted by Gasteiger charge is -2.07. The number of halogens is 3. The molecular formula is C18H11F3N4O4S. The first-order valence-electron chi connectivity index (χ1n) is 8.35. The number of hydrogen-bond donors (Lipinski definition) is 1. The van der Waals surface area contributed by atoms with Crippen LogP contribution >= 0.6 is 11.3 Å². The molecule has 0 atom stereocenters. The molecule has 0 unspecified atom stereocenters. The number of carbonyl (C=O) groups excluding carboxylic acids is 1. The Morgan fingerprint density at radius 3 is 2.80 bits per heavy atom. The van der Waals surface area contributed by atoms with Crippen molar-refractivity contribution in [3.05, 3.63) is 59.1 Å². The summed E-state index contributed by atoms with van der Waals surface area (Å²) in [5, 5.41) is 6.77. The summed E-state index contributed by atoms with van der Waals surface area (Å²) in [6.07, 6.45) is -3.35. The summed E-state index contributed by atoms with van der Waals surface area (Å²) >= 11 is 0.969. The standard InChI is InChI=1S/C18H11F3N4O4S/c19-18(20,21)29-10-3-4-12-14(8-10)30-17(22-12)23-15(26)9-25-16(27)6-5-11(24-25)13-2-1-7-28-13/h1-8H,9H2,(H,22,23,26). The van der Waals surface area contributed by atoms with Gasteiger partial charge in [-0.1, -0.05) is 11.3 Å². The zero-order valence-corrected chi connectivity index (χ0v) is 15.7. The molecule has 3 aromatic heterocycles.